The van der Waals surface area contributed by atoms with E-state index in [1.54, 1.807) is 23.1 Å². The number of fused-ring (bicyclic) bond motifs is 2. The topological polar surface area (TPSA) is 63.1 Å². The fraction of sp³-hybridized carbons (Fsp3) is 0.105. The summed E-state index contributed by atoms with van der Waals surface area (Å²) >= 11 is 4.77. The van der Waals surface area contributed by atoms with Crippen LogP contribution in [0.3, 0.4) is 0 Å². The lowest BCUT2D eigenvalue weighted by molar-refractivity contribution is 0.951. The van der Waals surface area contributed by atoms with Gasteiger partial charge in [0.15, 0.2) is 5.16 Å². The van der Waals surface area contributed by atoms with Gasteiger partial charge in [-0.3, -0.25) is 9.20 Å². The summed E-state index contributed by atoms with van der Waals surface area (Å²) in [6, 6.07) is 10.1. The smallest absolute Gasteiger partial charge is 0.260 e. The monoisotopic (exact) mass is 410 g/mol. The zero-order chi connectivity index (χ0) is 18.4. The van der Waals surface area contributed by atoms with Gasteiger partial charge >= 0.3 is 0 Å². The van der Waals surface area contributed by atoms with E-state index in [0.717, 1.165) is 25.9 Å². The Morgan fingerprint density at radius 3 is 3.04 bits per heavy atom. The van der Waals surface area contributed by atoms with Crippen LogP contribution in [0.1, 0.15) is 10.7 Å². The van der Waals surface area contributed by atoms with Gasteiger partial charge in [0.25, 0.3) is 5.56 Å². The molecule has 0 saturated carbocycles. The number of aromatic amines is 1. The average molecular weight is 411 g/mol. The predicted molar refractivity (Wildman–Crippen MR) is 113 cm³/mol. The maximum absolute atomic E-state index is 12.7. The molecule has 0 saturated heterocycles. The number of imidazole rings is 1. The number of thioether (sulfide) groups is 1. The highest BCUT2D eigenvalue weighted by Gasteiger charge is 2.14. The molecule has 27 heavy (non-hydrogen) atoms. The molecule has 0 aliphatic rings. The summed E-state index contributed by atoms with van der Waals surface area (Å²) in [6.07, 6.45) is 3.83. The van der Waals surface area contributed by atoms with Gasteiger partial charge in [-0.15, -0.1) is 22.7 Å². The first-order valence-corrected chi connectivity index (χ1v) is 11.0. The van der Waals surface area contributed by atoms with Gasteiger partial charge < -0.3 is 4.98 Å². The standard InChI is InChI=1S/C19H14N4OS3/c1-11-5-6-14(27-11)13-9-25-18-16(13)17(24)21-15(22-18)10-26-19-20-8-12-4-2-3-7-23(12)19/h2-9H,10H2,1H3,(H,21,22,24). The Morgan fingerprint density at radius 2 is 2.19 bits per heavy atom. The van der Waals surface area contributed by atoms with Crippen LogP contribution in [0.25, 0.3) is 26.2 Å². The molecule has 5 heterocycles. The van der Waals surface area contributed by atoms with Crippen molar-refractivity contribution in [2.24, 2.45) is 0 Å². The van der Waals surface area contributed by atoms with E-state index in [9.17, 15) is 4.79 Å². The van der Waals surface area contributed by atoms with Crippen LogP contribution in [0.15, 0.2) is 58.1 Å². The molecule has 0 atom stereocenters. The van der Waals surface area contributed by atoms with Gasteiger partial charge in [-0.2, -0.15) is 0 Å². The molecule has 134 valence electrons. The third-order valence-corrected chi connectivity index (χ3v) is 7.13. The Kier molecular flexibility index (Phi) is 4.11. The lowest BCUT2D eigenvalue weighted by Gasteiger charge is -2.02. The van der Waals surface area contributed by atoms with E-state index in [1.165, 1.54) is 16.2 Å². The molecule has 0 fully saturated rings. The van der Waals surface area contributed by atoms with Crippen molar-refractivity contribution < 1.29 is 0 Å². The maximum atomic E-state index is 12.7. The van der Waals surface area contributed by atoms with Crippen molar-refractivity contribution >= 4 is 50.2 Å². The van der Waals surface area contributed by atoms with Crippen LogP contribution in [-0.4, -0.2) is 19.4 Å². The van der Waals surface area contributed by atoms with Crippen LogP contribution in [0.2, 0.25) is 0 Å². The van der Waals surface area contributed by atoms with Crippen molar-refractivity contribution in [2.45, 2.75) is 17.8 Å². The van der Waals surface area contributed by atoms with Gasteiger partial charge in [0.05, 0.1) is 22.9 Å². The minimum Gasteiger partial charge on any atom is -0.309 e. The molecular weight excluding hydrogens is 396 g/mol. The number of hydrogen-bond acceptors (Lipinski definition) is 6. The summed E-state index contributed by atoms with van der Waals surface area (Å²) in [5.74, 6) is 1.23. The van der Waals surface area contributed by atoms with E-state index in [2.05, 4.69) is 34.0 Å². The van der Waals surface area contributed by atoms with Gasteiger partial charge in [0.1, 0.15) is 10.7 Å². The number of hydrogen-bond donors (Lipinski definition) is 1. The molecule has 0 radical (unpaired) electrons. The number of aryl methyl sites for hydroxylation is 1. The van der Waals surface area contributed by atoms with Gasteiger partial charge in [0, 0.05) is 26.9 Å². The Balaban J connectivity index is 1.47. The summed E-state index contributed by atoms with van der Waals surface area (Å²) in [5, 5.41) is 3.59. The SMILES string of the molecule is Cc1ccc(-c2csc3nc(CSc4ncc5ccccn45)[nH]c(=O)c23)s1. The van der Waals surface area contributed by atoms with Gasteiger partial charge in [-0.25, -0.2) is 9.97 Å². The molecule has 5 aromatic rings. The fourth-order valence-corrected chi connectivity index (χ4v) is 5.74. The van der Waals surface area contributed by atoms with E-state index in [-0.39, 0.29) is 5.56 Å². The van der Waals surface area contributed by atoms with Crippen LogP contribution in [-0.2, 0) is 5.75 Å². The minimum absolute atomic E-state index is 0.0779. The average Bonchev–Trinajstić information content (AvgIpc) is 3.38. The van der Waals surface area contributed by atoms with Crippen molar-refractivity contribution in [1.82, 2.24) is 19.4 Å². The van der Waals surface area contributed by atoms with Crippen molar-refractivity contribution in [2.75, 3.05) is 0 Å². The van der Waals surface area contributed by atoms with Crippen LogP contribution in [0.5, 0.6) is 0 Å². The largest absolute Gasteiger partial charge is 0.309 e. The third-order valence-electron chi connectivity index (χ3n) is 4.24. The Hall–Kier alpha value is -2.42. The van der Waals surface area contributed by atoms with Gasteiger partial charge in [0.2, 0.25) is 0 Å². The van der Waals surface area contributed by atoms with Crippen LogP contribution in [0, 0.1) is 6.92 Å². The molecular formula is C19H14N4OS3. The van der Waals surface area contributed by atoms with Gasteiger partial charge in [-0.05, 0) is 31.2 Å². The maximum Gasteiger partial charge on any atom is 0.260 e. The number of thiophene rings is 2. The molecule has 1 N–H and O–H groups in total. The first kappa shape index (κ1) is 16.7. The highest BCUT2D eigenvalue weighted by atomic mass is 32.2. The van der Waals surface area contributed by atoms with Crippen LogP contribution in [0.4, 0.5) is 0 Å². The molecule has 0 spiro atoms. The highest BCUT2D eigenvalue weighted by Crippen LogP contribution is 2.35. The second-order valence-electron chi connectivity index (χ2n) is 6.08. The molecule has 5 nitrogen and oxygen atoms in total. The predicted octanol–water partition coefficient (Wildman–Crippen LogP) is 4.96. The molecule has 5 aromatic heterocycles. The van der Waals surface area contributed by atoms with E-state index >= 15 is 0 Å². The molecule has 0 amide bonds. The van der Waals surface area contributed by atoms with Crippen molar-refractivity contribution in [3.05, 3.63) is 69.2 Å². The number of aromatic nitrogens is 4. The second-order valence-corrected chi connectivity index (χ2v) is 9.17. The molecule has 0 unspecified atom stereocenters. The molecule has 0 aliphatic carbocycles. The summed E-state index contributed by atoms with van der Waals surface area (Å²) < 4.78 is 2.03. The summed E-state index contributed by atoms with van der Waals surface area (Å²) in [6.45, 7) is 2.07. The van der Waals surface area contributed by atoms with Crippen LogP contribution < -0.4 is 5.56 Å². The molecule has 5 rings (SSSR count). The van der Waals surface area contributed by atoms with Gasteiger partial charge in [-0.1, -0.05) is 17.8 Å². The number of rotatable bonds is 4. The van der Waals surface area contributed by atoms with E-state index in [4.69, 9.17) is 0 Å². The molecule has 0 aliphatic heterocycles. The van der Waals surface area contributed by atoms with Crippen molar-refractivity contribution in [1.29, 1.82) is 0 Å². The van der Waals surface area contributed by atoms with Crippen molar-refractivity contribution in [3.63, 3.8) is 0 Å². The number of nitrogens with zero attached hydrogens (tertiary/aromatic N) is 3. The summed E-state index contributed by atoms with van der Waals surface area (Å²) in [5.41, 5.74) is 1.94. The molecule has 0 bridgehead atoms. The van der Waals surface area contributed by atoms with E-state index in [1.807, 2.05) is 40.4 Å². The zero-order valence-corrected chi connectivity index (χ0v) is 16.8. The zero-order valence-electron chi connectivity index (χ0n) is 14.3. The first-order chi connectivity index (χ1) is 13.2. The van der Waals surface area contributed by atoms with Crippen molar-refractivity contribution in [3.8, 4) is 10.4 Å². The Morgan fingerprint density at radius 1 is 1.26 bits per heavy atom. The number of H-pyrrole nitrogens is 1. The minimum atomic E-state index is -0.0779. The number of nitrogens with one attached hydrogen (secondary N) is 1. The second kappa shape index (κ2) is 6.63. The van der Waals surface area contributed by atoms with Crippen LogP contribution >= 0.6 is 34.4 Å². The molecule has 8 heteroatoms. The summed E-state index contributed by atoms with van der Waals surface area (Å²) in [7, 11) is 0. The summed E-state index contributed by atoms with van der Waals surface area (Å²) in [4.78, 5) is 27.9. The molecule has 0 aromatic carbocycles. The fourth-order valence-electron chi connectivity index (χ4n) is 2.98. The third kappa shape index (κ3) is 2.99. The lowest BCUT2D eigenvalue weighted by atomic mass is 10.2. The van der Waals surface area contributed by atoms with E-state index in [0.29, 0.717) is 17.0 Å². The number of pyridine rings is 1. The van der Waals surface area contributed by atoms with E-state index < -0.39 is 0 Å². The highest BCUT2D eigenvalue weighted by molar-refractivity contribution is 7.98. The first-order valence-electron chi connectivity index (χ1n) is 8.31. The Bertz CT molecular complexity index is 1330. The lowest BCUT2D eigenvalue weighted by Crippen LogP contribution is -2.10. The Labute approximate surface area is 166 Å². The quantitative estimate of drug-likeness (QED) is 0.425. The normalized spacial score (nSPS) is 11.6.